The molecule has 0 aromatic carbocycles. The van der Waals surface area contributed by atoms with Crippen LogP contribution in [0.2, 0.25) is 0 Å². The standard InChI is InChI=1S/C19H22FIN6OS/c1-28-16-9-11(3-5-14(16)20)23-19-13-6-7-29-17(13)12-4-2-10(8-15(12)24-19)18(25-22)26-27-21/h2-7,9-10,13-14,16-17,27H,8,22H2,1H3,(H,23,24)(H,25,26). The molecule has 0 bridgehead atoms. The topological polar surface area (TPSA) is 96.1 Å². The van der Waals surface area contributed by atoms with Gasteiger partial charge in [0.05, 0.1) is 5.92 Å². The molecule has 0 radical (unpaired) electrons. The molecule has 0 fully saturated rings. The molecule has 0 spiro atoms. The minimum atomic E-state index is -1.14. The first-order valence-electron chi connectivity index (χ1n) is 9.20. The summed E-state index contributed by atoms with van der Waals surface area (Å²) in [6, 6.07) is 0. The molecular formula is C19H22FIN6OS. The third kappa shape index (κ3) is 4.16. The van der Waals surface area contributed by atoms with Gasteiger partial charge < -0.3 is 15.9 Å². The number of rotatable bonds is 4. The van der Waals surface area contributed by atoms with E-state index in [9.17, 15) is 4.39 Å². The highest BCUT2D eigenvalue weighted by Crippen LogP contribution is 2.43. The monoisotopic (exact) mass is 528 g/mol. The minimum absolute atomic E-state index is 0.0147. The van der Waals surface area contributed by atoms with Gasteiger partial charge in [-0.05, 0) is 29.2 Å². The van der Waals surface area contributed by atoms with Crippen molar-refractivity contribution >= 4 is 46.3 Å². The predicted molar refractivity (Wildman–Crippen MR) is 124 cm³/mol. The van der Waals surface area contributed by atoms with Gasteiger partial charge in [0.25, 0.3) is 0 Å². The molecule has 7 nitrogen and oxygen atoms in total. The molecule has 0 saturated heterocycles. The average molecular weight is 528 g/mol. The number of methoxy groups -OCH3 is 1. The number of nitrogens with two attached hydrogens (primary N) is 1. The molecule has 0 amide bonds. The number of ether oxygens (including phenoxy) is 1. The minimum Gasteiger partial charge on any atom is -0.374 e. The quantitative estimate of drug-likeness (QED) is 0.112. The molecule has 2 aliphatic heterocycles. The van der Waals surface area contributed by atoms with Crippen LogP contribution >= 0.6 is 34.6 Å². The van der Waals surface area contributed by atoms with E-state index in [1.54, 1.807) is 23.9 Å². The van der Waals surface area contributed by atoms with Crippen LogP contribution in [0.3, 0.4) is 0 Å². The Balaban J connectivity index is 1.59. The number of allylic oxidation sites excluding steroid dienone is 3. The zero-order valence-electron chi connectivity index (χ0n) is 15.7. The summed E-state index contributed by atoms with van der Waals surface area (Å²) in [7, 11) is 1.51. The number of alkyl halides is 1. The van der Waals surface area contributed by atoms with Crippen LogP contribution in [0, 0.1) is 11.8 Å². The predicted octanol–water partition coefficient (Wildman–Crippen LogP) is 2.59. The summed E-state index contributed by atoms with van der Waals surface area (Å²) in [5, 5.41) is 9.66. The first-order valence-corrected chi connectivity index (χ1v) is 11.2. The smallest absolute Gasteiger partial charge is 0.148 e. The molecule has 4 rings (SSSR count). The summed E-state index contributed by atoms with van der Waals surface area (Å²) < 4.78 is 21.9. The van der Waals surface area contributed by atoms with E-state index >= 15 is 0 Å². The van der Waals surface area contributed by atoms with Gasteiger partial charge in [0.2, 0.25) is 0 Å². The van der Waals surface area contributed by atoms with Gasteiger partial charge in [0, 0.05) is 59.0 Å². The van der Waals surface area contributed by atoms with Gasteiger partial charge in [-0.25, -0.2) is 9.38 Å². The van der Waals surface area contributed by atoms with Crippen molar-refractivity contribution < 1.29 is 9.13 Å². The number of thioether (sulfide) groups is 1. The third-order valence-corrected chi connectivity index (χ3v) is 6.72. The van der Waals surface area contributed by atoms with E-state index < -0.39 is 12.3 Å². The van der Waals surface area contributed by atoms with Gasteiger partial charge in [-0.2, -0.15) is 8.74 Å². The first-order chi connectivity index (χ1) is 14.1. The molecular weight excluding hydrogens is 506 g/mol. The number of nitrogens with zero attached hydrogens (tertiary/aromatic N) is 2. The summed E-state index contributed by atoms with van der Waals surface area (Å²) >= 11 is 3.78. The lowest BCUT2D eigenvalue weighted by Gasteiger charge is -2.33. The van der Waals surface area contributed by atoms with Gasteiger partial charge in [0.15, 0.2) is 0 Å². The highest BCUT2D eigenvalue weighted by atomic mass is 127. The number of amidine groups is 2. The van der Waals surface area contributed by atoms with Crippen LogP contribution in [-0.2, 0) is 4.74 Å². The van der Waals surface area contributed by atoms with Crippen molar-refractivity contribution in [2.75, 3.05) is 7.11 Å². The van der Waals surface area contributed by atoms with E-state index in [1.807, 2.05) is 22.9 Å². The normalized spacial score (nSPS) is 33.2. The number of hydrogen-bond acceptors (Lipinski definition) is 7. The van der Waals surface area contributed by atoms with Crippen LogP contribution in [0.25, 0.3) is 0 Å². The maximum Gasteiger partial charge on any atom is 0.148 e. The second kappa shape index (κ2) is 9.02. The molecule has 5 N–H and O–H groups in total. The van der Waals surface area contributed by atoms with Crippen LogP contribution < -0.4 is 20.2 Å². The largest absolute Gasteiger partial charge is 0.374 e. The highest BCUT2D eigenvalue weighted by molar-refractivity contribution is 14.1. The van der Waals surface area contributed by atoms with Crippen molar-refractivity contribution in [3.8, 4) is 0 Å². The molecule has 5 unspecified atom stereocenters. The first kappa shape index (κ1) is 20.6. The molecule has 154 valence electrons. The molecule has 5 atom stereocenters. The molecule has 29 heavy (non-hydrogen) atoms. The fourth-order valence-corrected chi connectivity index (χ4v) is 5.28. The van der Waals surface area contributed by atoms with E-state index in [0.29, 0.717) is 12.3 Å². The molecule has 2 aliphatic carbocycles. The van der Waals surface area contributed by atoms with Crippen LogP contribution in [0.4, 0.5) is 4.39 Å². The fraction of sp³-hybridized carbons (Fsp3) is 0.368. The summed E-state index contributed by atoms with van der Waals surface area (Å²) in [4.78, 5) is 4.95. The number of hydrazine groups is 1. The van der Waals surface area contributed by atoms with Crippen molar-refractivity contribution in [1.29, 1.82) is 0 Å². The average Bonchev–Trinajstić information content (AvgIpc) is 3.23. The Morgan fingerprint density at radius 3 is 3.00 bits per heavy atom. The van der Waals surface area contributed by atoms with Gasteiger partial charge in [0.1, 0.15) is 23.9 Å². The van der Waals surface area contributed by atoms with Crippen LogP contribution in [0.1, 0.15) is 6.42 Å². The second-order valence-electron chi connectivity index (χ2n) is 6.96. The number of aliphatic imine (C=N–C) groups is 1. The summed E-state index contributed by atoms with van der Waals surface area (Å²) in [6.07, 6.45) is 10.4. The maximum absolute atomic E-state index is 13.9. The van der Waals surface area contributed by atoms with Crippen LogP contribution in [0.5, 0.6) is 0 Å². The van der Waals surface area contributed by atoms with Gasteiger partial charge in [-0.3, -0.25) is 5.43 Å². The van der Waals surface area contributed by atoms with E-state index in [2.05, 4.69) is 43.1 Å². The van der Waals surface area contributed by atoms with E-state index in [-0.39, 0.29) is 17.1 Å². The lowest BCUT2D eigenvalue weighted by atomic mass is 9.85. The Morgan fingerprint density at radius 2 is 2.24 bits per heavy atom. The lowest BCUT2D eigenvalue weighted by molar-refractivity contribution is 0.0848. The number of halogens is 2. The molecule has 0 aromatic rings. The van der Waals surface area contributed by atoms with Crippen molar-refractivity contribution in [2.24, 2.45) is 27.8 Å². The SMILES string of the molecule is COC1C=C(NC2=NC3=C(C=CC(/C(=N/N)NNI)C3)C3SC=CC23)C=CC1F. The number of nitrogens with one attached hydrogen (secondary N) is 3. The zero-order chi connectivity index (χ0) is 20.4. The number of hydrogen-bond donors (Lipinski definition) is 4. The summed E-state index contributed by atoms with van der Waals surface area (Å²) in [5.41, 5.74) is 6.02. The van der Waals surface area contributed by atoms with Crippen LogP contribution in [-0.4, -0.2) is 36.3 Å². The van der Waals surface area contributed by atoms with Gasteiger partial charge >= 0.3 is 0 Å². The highest BCUT2D eigenvalue weighted by Gasteiger charge is 2.38. The number of hydrazone groups is 1. The molecule has 0 aromatic heterocycles. The van der Waals surface area contributed by atoms with Crippen LogP contribution in [0.15, 0.2) is 68.9 Å². The van der Waals surface area contributed by atoms with E-state index in [0.717, 1.165) is 17.2 Å². The van der Waals surface area contributed by atoms with Gasteiger partial charge in [-0.15, -0.1) is 11.8 Å². The Labute approximate surface area is 187 Å². The third-order valence-electron chi connectivity index (χ3n) is 5.30. The Morgan fingerprint density at radius 1 is 1.38 bits per heavy atom. The van der Waals surface area contributed by atoms with Crippen molar-refractivity contribution in [1.82, 2.24) is 14.4 Å². The second-order valence-corrected chi connectivity index (χ2v) is 8.56. The van der Waals surface area contributed by atoms with E-state index in [4.69, 9.17) is 15.6 Å². The Bertz CT molecular complexity index is 880. The van der Waals surface area contributed by atoms with Crippen molar-refractivity contribution in [3.05, 3.63) is 58.8 Å². The fourth-order valence-electron chi connectivity index (χ4n) is 3.83. The van der Waals surface area contributed by atoms with E-state index in [1.165, 1.54) is 18.8 Å². The van der Waals surface area contributed by atoms with Crippen molar-refractivity contribution in [2.45, 2.75) is 23.9 Å². The number of fused-ring (bicyclic) bond motifs is 2. The van der Waals surface area contributed by atoms with Gasteiger partial charge in [-0.1, -0.05) is 18.2 Å². The maximum atomic E-state index is 13.9. The Kier molecular flexibility index (Phi) is 6.42. The lowest BCUT2D eigenvalue weighted by Crippen LogP contribution is -2.40. The zero-order valence-corrected chi connectivity index (χ0v) is 18.7. The molecule has 2 heterocycles. The molecule has 0 saturated carbocycles. The molecule has 10 heteroatoms. The van der Waals surface area contributed by atoms with Crippen molar-refractivity contribution in [3.63, 3.8) is 0 Å². The molecule has 4 aliphatic rings. The Hall–Kier alpha value is -1.63. The summed E-state index contributed by atoms with van der Waals surface area (Å²) in [6.45, 7) is 0. The summed E-state index contributed by atoms with van der Waals surface area (Å²) in [5.74, 6) is 7.22.